The first-order valence-corrected chi connectivity index (χ1v) is 11.0. The normalized spacial score (nSPS) is 24.3. The van der Waals surface area contributed by atoms with Crippen molar-refractivity contribution in [2.45, 2.75) is 45.3 Å². The van der Waals surface area contributed by atoms with Crippen molar-refractivity contribution in [1.82, 2.24) is 20.7 Å². The molecule has 3 aliphatic heterocycles. The summed E-state index contributed by atoms with van der Waals surface area (Å²) in [5.74, 6) is 0.147. The van der Waals surface area contributed by atoms with Gasteiger partial charge in [0.2, 0.25) is 5.88 Å². The molecule has 0 radical (unpaired) electrons. The zero-order valence-electron chi connectivity index (χ0n) is 18.7. The summed E-state index contributed by atoms with van der Waals surface area (Å²) in [7, 11) is 0. The van der Waals surface area contributed by atoms with Crippen molar-refractivity contribution in [3.8, 4) is 0 Å². The van der Waals surface area contributed by atoms with E-state index in [2.05, 4.69) is 20.6 Å². The molecule has 180 valence electrons. The summed E-state index contributed by atoms with van der Waals surface area (Å²) in [6, 6.07) is 4.68. The lowest BCUT2D eigenvalue weighted by molar-refractivity contribution is -0.103. The Kier molecular flexibility index (Phi) is 5.74. The van der Waals surface area contributed by atoms with Gasteiger partial charge in [-0.2, -0.15) is 8.78 Å². The minimum atomic E-state index is -2.95. The zero-order valence-corrected chi connectivity index (χ0v) is 18.7. The van der Waals surface area contributed by atoms with Crippen LogP contribution in [0.2, 0.25) is 0 Å². The number of aromatic nitrogens is 1. The maximum atomic E-state index is 13.7. The van der Waals surface area contributed by atoms with Crippen LogP contribution < -0.4 is 16.6 Å². The fraction of sp³-hybridized carbons (Fsp3) is 0.391. The van der Waals surface area contributed by atoms with Gasteiger partial charge in [-0.05, 0) is 43.7 Å². The molecule has 4 N–H and O–H groups in total. The van der Waals surface area contributed by atoms with Crippen LogP contribution in [0.4, 0.5) is 14.6 Å². The number of carbonyl (C=O) groups excluding carboxylic acids is 1. The Balaban J connectivity index is 1.48. The average molecular weight is 473 g/mol. The maximum Gasteiger partial charge on any atom is 0.388 e. The third-order valence-electron chi connectivity index (χ3n) is 6.29. The summed E-state index contributed by atoms with van der Waals surface area (Å²) in [5, 5.41) is 0.838. The van der Waals surface area contributed by atoms with Crippen molar-refractivity contribution in [1.29, 1.82) is 0 Å². The number of amides is 1. The lowest BCUT2D eigenvalue weighted by Crippen LogP contribution is -2.57. The minimum Gasteiger partial charge on any atom is -0.418 e. The standard InChI is InChI=1S/C23H25F2N5O4/c1-11-8-32-10-18(17-5-6-19(29-28-17)34-23(24)25)30(11)22(31)13-3-4-16-14(7-13)15-9-33-12(2)20(15)21(26)27-16/h3-7,11-12,18,23,28-29H,8-10H2,1-2H3,(H2,26,27)/t11-,12-,18-/m1/s1. The lowest BCUT2D eigenvalue weighted by atomic mass is 9.99. The van der Waals surface area contributed by atoms with Crippen LogP contribution in [0.15, 0.2) is 41.9 Å². The first-order valence-electron chi connectivity index (χ1n) is 11.0. The number of hydrogen-bond donors (Lipinski definition) is 3. The SMILES string of the molecule is C[C@@H]1COC[C@H](C2=CC=C(OC(F)F)NN2)N1C(=O)c1ccc2nc(N)c3c(c2c1)CO[C@@H]3C. The predicted molar refractivity (Wildman–Crippen MR) is 119 cm³/mol. The molecule has 11 heteroatoms. The van der Waals surface area contributed by atoms with E-state index >= 15 is 0 Å². The zero-order chi connectivity index (χ0) is 24.0. The van der Waals surface area contributed by atoms with Crippen molar-refractivity contribution >= 4 is 22.6 Å². The number of hydrazine groups is 1. The van der Waals surface area contributed by atoms with E-state index in [1.54, 1.807) is 23.1 Å². The highest BCUT2D eigenvalue weighted by Crippen LogP contribution is 2.38. The van der Waals surface area contributed by atoms with Gasteiger partial charge in [0.05, 0.1) is 49.2 Å². The molecule has 5 rings (SSSR count). The van der Waals surface area contributed by atoms with E-state index in [0.29, 0.717) is 35.8 Å². The molecule has 3 atom stereocenters. The number of nitrogens with zero attached hydrogens (tertiary/aromatic N) is 2. The van der Waals surface area contributed by atoms with E-state index in [0.717, 1.165) is 16.5 Å². The molecule has 1 aromatic heterocycles. The smallest absolute Gasteiger partial charge is 0.388 e. The number of pyridine rings is 1. The second-order valence-electron chi connectivity index (χ2n) is 8.47. The summed E-state index contributed by atoms with van der Waals surface area (Å²) >= 11 is 0. The second-order valence-corrected chi connectivity index (χ2v) is 8.47. The number of halogens is 2. The Labute approximate surface area is 194 Å². The molecule has 4 heterocycles. The molecule has 34 heavy (non-hydrogen) atoms. The number of nitrogens with two attached hydrogens (primary N) is 1. The number of rotatable bonds is 4. The number of allylic oxidation sites excluding steroid dienone is 2. The Morgan fingerprint density at radius 2 is 2.09 bits per heavy atom. The van der Waals surface area contributed by atoms with Crippen LogP contribution >= 0.6 is 0 Å². The molecule has 0 bridgehead atoms. The van der Waals surface area contributed by atoms with Crippen LogP contribution in [-0.4, -0.2) is 47.7 Å². The van der Waals surface area contributed by atoms with Gasteiger partial charge in [-0.25, -0.2) is 4.98 Å². The van der Waals surface area contributed by atoms with Crippen molar-refractivity contribution in [3.05, 3.63) is 58.6 Å². The average Bonchev–Trinajstić information content (AvgIpc) is 3.21. The molecular weight excluding hydrogens is 448 g/mol. The van der Waals surface area contributed by atoms with Gasteiger partial charge in [-0.3, -0.25) is 10.2 Å². The van der Waals surface area contributed by atoms with Gasteiger partial charge in [0.25, 0.3) is 5.91 Å². The first-order chi connectivity index (χ1) is 16.3. The summed E-state index contributed by atoms with van der Waals surface area (Å²) in [6.45, 7) is 1.92. The number of anilines is 1. The van der Waals surface area contributed by atoms with Crippen LogP contribution in [-0.2, 0) is 20.8 Å². The number of ether oxygens (including phenoxy) is 3. The number of benzene rings is 1. The predicted octanol–water partition coefficient (Wildman–Crippen LogP) is 2.71. The van der Waals surface area contributed by atoms with Gasteiger partial charge >= 0.3 is 6.61 Å². The number of nitrogen functional groups attached to an aromatic ring is 1. The molecule has 1 aromatic carbocycles. The van der Waals surface area contributed by atoms with Crippen molar-refractivity contribution < 1.29 is 27.8 Å². The van der Waals surface area contributed by atoms with E-state index < -0.39 is 12.7 Å². The molecule has 0 spiro atoms. The summed E-state index contributed by atoms with van der Waals surface area (Å²) in [5.41, 5.74) is 15.2. The molecule has 1 saturated heterocycles. The van der Waals surface area contributed by atoms with Crippen molar-refractivity contribution in [2.75, 3.05) is 18.9 Å². The molecule has 1 fully saturated rings. The van der Waals surface area contributed by atoms with Crippen LogP contribution in [0.1, 0.15) is 41.4 Å². The highest BCUT2D eigenvalue weighted by atomic mass is 19.3. The molecule has 2 aromatic rings. The summed E-state index contributed by atoms with van der Waals surface area (Å²) < 4.78 is 40.8. The van der Waals surface area contributed by atoms with Crippen LogP contribution in [0.5, 0.6) is 0 Å². The molecule has 0 unspecified atom stereocenters. The monoisotopic (exact) mass is 473 g/mol. The minimum absolute atomic E-state index is 0.118. The summed E-state index contributed by atoms with van der Waals surface area (Å²) in [6.07, 6.45) is 2.83. The van der Waals surface area contributed by atoms with E-state index in [9.17, 15) is 13.6 Å². The van der Waals surface area contributed by atoms with Crippen LogP contribution in [0, 0.1) is 0 Å². The molecule has 9 nitrogen and oxygen atoms in total. The first kappa shape index (κ1) is 22.4. The lowest BCUT2D eigenvalue weighted by Gasteiger charge is -2.42. The Hall–Kier alpha value is -3.44. The quantitative estimate of drug-likeness (QED) is 0.622. The molecule has 3 aliphatic rings. The van der Waals surface area contributed by atoms with E-state index in [1.165, 1.54) is 6.08 Å². The van der Waals surface area contributed by atoms with Gasteiger partial charge in [0.15, 0.2) is 0 Å². The fourth-order valence-electron chi connectivity index (χ4n) is 4.69. The highest BCUT2D eigenvalue weighted by molar-refractivity contribution is 5.99. The van der Waals surface area contributed by atoms with E-state index in [-0.39, 0.29) is 30.5 Å². The number of morpholine rings is 1. The Morgan fingerprint density at radius 1 is 1.26 bits per heavy atom. The highest BCUT2D eigenvalue weighted by Gasteiger charge is 2.36. The molecule has 0 saturated carbocycles. The number of nitrogens with one attached hydrogen (secondary N) is 2. The number of alkyl halides is 2. The second kappa shape index (κ2) is 8.73. The number of carbonyl (C=O) groups is 1. The van der Waals surface area contributed by atoms with Gasteiger partial charge in [0, 0.05) is 22.6 Å². The fourth-order valence-corrected chi connectivity index (χ4v) is 4.69. The summed E-state index contributed by atoms with van der Waals surface area (Å²) in [4.78, 5) is 20.0. The third kappa shape index (κ3) is 3.90. The van der Waals surface area contributed by atoms with Gasteiger partial charge in [-0.15, -0.1) is 0 Å². The van der Waals surface area contributed by atoms with Gasteiger partial charge in [0.1, 0.15) is 5.82 Å². The Bertz CT molecular complexity index is 1200. The Morgan fingerprint density at radius 3 is 2.82 bits per heavy atom. The van der Waals surface area contributed by atoms with E-state index in [4.69, 9.17) is 15.2 Å². The van der Waals surface area contributed by atoms with Crippen molar-refractivity contribution in [2.24, 2.45) is 0 Å². The van der Waals surface area contributed by atoms with Gasteiger partial charge < -0.3 is 30.3 Å². The van der Waals surface area contributed by atoms with Crippen molar-refractivity contribution in [3.63, 3.8) is 0 Å². The number of fused-ring (bicyclic) bond motifs is 3. The number of hydrogen-bond acceptors (Lipinski definition) is 8. The van der Waals surface area contributed by atoms with Crippen LogP contribution in [0.3, 0.4) is 0 Å². The van der Waals surface area contributed by atoms with E-state index in [1.807, 2.05) is 19.9 Å². The molecule has 0 aliphatic carbocycles. The van der Waals surface area contributed by atoms with Crippen LogP contribution in [0.25, 0.3) is 10.9 Å². The molecular formula is C23H25F2N5O4. The molecule has 1 amide bonds. The topological polar surface area (TPSA) is 111 Å². The largest absolute Gasteiger partial charge is 0.418 e. The maximum absolute atomic E-state index is 13.7. The van der Waals surface area contributed by atoms with Gasteiger partial charge in [-0.1, -0.05) is 0 Å². The third-order valence-corrected chi connectivity index (χ3v) is 6.29.